The molecule has 158 valence electrons. The second-order valence-corrected chi connectivity index (χ2v) is 8.16. The molecule has 2 aliphatic rings. The van der Waals surface area contributed by atoms with Crippen molar-refractivity contribution in [2.45, 2.75) is 43.7 Å². The number of halogens is 1. The lowest BCUT2D eigenvalue weighted by Crippen LogP contribution is -2.35. The summed E-state index contributed by atoms with van der Waals surface area (Å²) in [5.41, 5.74) is 8.42. The molecule has 30 heavy (non-hydrogen) atoms. The van der Waals surface area contributed by atoms with Crippen LogP contribution in [0.15, 0.2) is 30.7 Å². The van der Waals surface area contributed by atoms with Crippen molar-refractivity contribution in [2.24, 2.45) is 0 Å². The largest absolute Gasteiger partial charge is 0.487 e. The number of aliphatic hydroxyl groups is 2. The number of nitrogen functional groups attached to an aromatic ring is 1. The molecule has 9 heteroatoms. The molecule has 4 atom stereocenters. The molecular formula is C21H24FN5O3. The highest BCUT2D eigenvalue weighted by atomic mass is 19.1. The molecule has 3 heterocycles. The third-order valence-electron chi connectivity index (χ3n) is 6.25. The van der Waals surface area contributed by atoms with Crippen molar-refractivity contribution in [1.82, 2.24) is 19.4 Å². The molecule has 0 spiro atoms. The van der Waals surface area contributed by atoms with E-state index in [1.165, 1.54) is 22.7 Å². The lowest BCUT2D eigenvalue weighted by atomic mass is 9.99. The summed E-state index contributed by atoms with van der Waals surface area (Å²) in [6, 6.07) is 5.33. The zero-order valence-electron chi connectivity index (χ0n) is 16.6. The number of fused-ring (bicyclic) bond motifs is 2. The number of hydrogen-bond acceptors (Lipinski definition) is 7. The van der Waals surface area contributed by atoms with Crippen LogP contribution in [0, 0.1) is 5.82 Å². The van der Waals surface area contributed by atoms with Crippen molar-refractivity contribution in [3.63, 3.8) is 0 Å². The number of rotatable bonds is 3. The first kappa shape index (κ1) is 19.2. The first-order chi connectivity index (χ1) is 14.4. The van der Waals surface area contributed by atoms with Gasteiger partial charge in [0.05, 0.1) is 11.4 Å². The molecule has 2 aromatic heterocycles. The number of nitrogens with zero attached hydrogens (tertiary/aromatic N) is 4. The molecule has 4 N–H and O–H groups in total. The van der Waals surface area contributed by atoms with Crippen molar-refractivity contribution in [2.75, 3.05) is 19.3 Å². The fraction of sp³-hybridized carbons (Fsp3) is 0.429. The van der Waals surface area contributed by atoms with Crippen LogP contribution in [0.3, 0.4) is 0 Å². The van der Waals surface area contributed by atoms with Crippen LogP contribution in [-0.4, -0.2) is 61.6 Å². The van der Waals surface area contributed by atoms with Crippen LogP contribution in [0.1, 0.15) is 23.6 Å². The molecule has 2 unspecified atom stereocenters. The summed E-state index contributed by atoms with van der Waals surface area (Å²) in [5.74, 6) is 0.192. The van der Waals surface area contributed by atoms with Gasteiger partial charge in [0.1, 0.15) is 41.9 Å². The quantitative estimate of drug-likeness (QED) is 0.593. The second-order valence-electron chi connectivity index (χ2n) is 8.16. The Morgan fingerprint density at radius 2 is 2.07 bits per heavy atom. The summed E-state index contributed by atoms with van der Waals surface area (Å²) in [5, 5.41) is 21.5. The highest BCUT2D eigenvalue weighted by Gasteiger charge is 2.45. The number of aliphatic hydroxyl groups excluding tert-OH is 2. The van der Waals surface area contributed by atoms with E-state index in [0.29, 0.717) is 12.2 Å². The molecule has 1 fully saturated rings. The predicted octanol–water partition coefficient (Wildman–Crippen LogP) is 1.25. The van der Waals surface area contributed by atoms with E-state index in [-0.39, 0.29) is 16.9 Å². The van der Waals surface area contributed by atoms with Gasteiger partial charge in [0, 0.05) is 31.3 Å². The summed E-state index contributed by atoms with van der Waals surface area (Å²) in [6.45, 7) is 1.75. The number of likely N-dealkylation sites (N-methyl/N-ethyl adjacent to an activating group) is 1. The van der Waals surface area contributed by atoms with Crippen molar-refractivity contribution in [3.05, 3.63) is 47.7 Å². The molecule has 1 aliphatic carbocycles. The van der Waals surface area contributed by atoms with Gasteiger partial charge in [0.2, 0.25) is 0 Å². The normalized spacial score (nSPS) is 26.8. The van der Waals surface area contributed by atoms with Crippen LogP contribution < -0.4 is 10.5 Å². The van der Waals surface area contributed by atoms with E-state index in [0.717, 1.165) is 25.1 Å². The fourth-order valence-electron chi connectivity index (χ4n) is 4.63. The minimum Gasteiger partial charge on any atom is -0.487 e. The van der Waals surface area contributed by atoms with Crippen LogP contribution in [0.4, 0.5) is 10.2 Å². The number of benzene rings is 1. The predicted molar refractivity (Wildman–Crippen MR) is 108 cm³/mol. The van der Waals surface area contributed by atoms with Crippen LogP contribution in [-0.2, 0) is 13.0 Å². The SMILES string of the molecule is CN1CCc2cccc(OC3CC(n4cc(F)c5c(N)ncnc54)[C@H](O)[C@@H]3O)c2C1. The van der Waals surface area contributed by atoms with Crippen LogP contribution in [0.25, 0.3) is 11.0 Å². The van der Waals surface area contributed by atoms with Crippen LogP contribution in [0.2, 0.25) is 0 Å². The van der Waals surface area contributed by atoms with E-state index in [1.807, 2.05) is 12.1 Å². The molecule has 1 aromatic carbocycles. The summed E-state index contributed by atoms with van der Waals surface area (Å²) in [4.78, 5) is 10.2. The minimum absolute atomic E-state index is 0.0390. The van der Waals surface area contributed by atoms with Gasteiger partial charge in [0.25, 0.3) is 0 Å². The Labute approximate surface area is 172 Å². The van der Waals surface area contributed by atoms with Gasteiger partial charge in [-0.15, -0.1) is 0 Å². The van der Waals surface area contributed by atoms with Crippen LogP contribution in [0.5, 0.6) is 5.75 Å². The van der Waals surface area contributed by atoms with Gasteiger partial charge in [-0.3, -0.25) is 0 Å². The van der Waals surface area contributed by atoms with Gasteiger partial charge >= 0.3 is 0 Å². The summed E-state index contributed by atoms with van der Waals surface area (Å²) in [6.07, 6.45) is 0.856. The topological polar surface area (TPSA) is 110 Å². The van der Waals surface area contributed by atoms with Crippen molar-refractivity contribution in [3.8, 4) is 5.75 Å². The van der Waals surface area contributed by atoms with Gasteiger partial charge in [-0.1, -0.05) is 12.1 Å². The lowest BCUT2D eigenvalue weighted by Gasteiger charge is -2.28. The molecule has 8 nitrogen and oxygen atoms in total. The first-order valence-corrected chi connectivity index (χ1v) is 10.0. The fourth-order valence-corrected chi connectivity index (χ4v) is 4.63. The van der Waals surface area contributed by atoms with Gasteiger partial charge in [-0.25, -0.2) is 14.4 Å². The maximum absolute atomic E-state index is 14.5. The molecule has 5 rings (SSSR count). The van der Waals surface area contributed by atoms with Crippen LogP contribution >= 0.6 is 0 Å². The van der Waals surface area contributed by atoms with Gasteiger partial charge in [-0.05, 0) is 25.1 Å². The zero-order chi connectivity index (χ0) is 21.0. The monoisotopic (exact) mass is 413 g/mol. The Balaban J connectivity index is 1.45. The maximum atomic E-state index is 14.5. The standard InChI is InChI=1S/C21H24FN5O3/c1-26-6-5-11-3-2-4-15(12(11)8-26)30-16-7-14(18(28)19(16)29)27-9-13(22)17-20(23)24-10-25-21(17)27/h2-4,9-10,14,16,18-19,28-29H,5-8H2,1H3,(H2,23,24,25)/t14?,16?,18-,19+/m0/s1. The Hall–Kier alpha value is -2.75. The van der Waals surface area contributed by atoms with Crippen molar-refractivity contribution >= 4 is 16.9 Å². The molecule has 3 aromatic rings. The lowest BCUT2D eigenvalue weighted by molar-refractivity contribution is -0.0168. The summed E-state index contributed by atoms with van der Waals surface area (Å²) in [7, 11) is 2.06. The molecule has 0 radical (unpaired) electrons. The van der Waals surface area contributed by atoms with E-state index in [2.05, 4.69) is 28.0 Å². The zero-order valence-corrected chi connectivity index (χ0v) is 16.6. The highest BCUT2D eigenvalue weighted by Crippen LogP contribution is 2.38. The van der Waals surface area contributed by atoms with Gasteiger partial charge in [0.15, 0.2) is 5.82 Å². The highest BCUT2D eigenvalue weighted by molar-refractivity contribution is 5.86. The van der Waals surface area contributed by atoms with Gasteiger partial charge < -0.3 is 30.2 Å². The third kappa shape index (κ3) is 3.01. The number of anilines is 1. The summed E-state index contributed by atoms with van der Waals surface area (Å²) < 4.78 is 22.2. The number of nitrogens with two attached hydrogens (primary N) is 1. The summed E-state index contributed by atoms with van der Waals surface area (Å²) >= 11 is 0. The first-order valence-electron chi connectivity index (χ1n) is 10.0. The molecule has 1 aliphatic heterocycles. The number of aromatic nitrogens is 3. The Bertz CT molecular complexity index is 1100. The Morgan fingerprint density at radius 3 is 2.90 bits per heavy atom. The Morgan fingerprint density at radius 1 is 1.23 bits per heavy atom. The average Bonchev–Trinajstić information content (AvgIpc) is 3.21. The molecule has 0 amide bonds. The maximum Gasteiger partial charge on any atom is 0.154 e. The smallest absolute Gasteiger partial charge is 0.154 e. The number of ether oxygens (including phenoxy) is 1. The van der Waals surface area contributed by atoms with E-state index in [9.17, 15) is 14.6 Å². The minimum atomic E-state index is -1.14. The van der Waals surface area contributed by atoms with E-state index in [1.54, 1.807) is 0 Å². The average molecular weight is 413 g/mol. The molecule has 0 saturated heterocycles. The van der Waals surface area contributed by atoms with Crippen molar-refractivity contribution < 1.29 is 19.3 Å². The molecular weight excluding hydrogens is 389 g/mol. The van der Waals surface area contributed by atoms with Crippen molar-refractivity contribution in [1.29, 1.82) is 0 Å². The molecule has 1 saturated carbocycles. The second kappa shape index (κ2) is 7.19. The molecule has 0 bridgehead atoms. The van der Waals surface area contributed by atoms with E-state index >= 15 is 0 Å². The van der Waals surface area contributed by atoms with E-state index in [4.69, 9.17) is 10.5 Å². The Kier molecular flexibility index (Phi) is 4.61. The third-order valence-corrected chi connectivity index (χ3v) is 6.25. The van der Waals surface area contributed by atoms with E-state index < -0.39 is 30.2 Å². The van der Waals surface area contributed by atoms with Gasteiger partial charge in [-0.2, -0.15) is 0 Å². The number of hydrogen-bond donors (Lipinski definition) is 3.